The summed E-state index contributed by atoms with van der Waals surface area (Å²) in [6.07, 6.45) is 1.54. The number of aliphatic hydroxyl groups is 1. The lowest BCUT2D eigenvalue weighted by Gasteiger charge is -1.97. The average molecular weight is 211 g/mol. The van der Waals surface area contributed by atoms with E-state index in [-0.39, 0.29) is 12.6 Å². The van der Waals surface area contributed by atoms with Gasteiger partial charge in [0.2, 0.25) is 0 Å². The van der Waals surface area contributed by atoms with Crippen molar-refractivity contribution >= 4 is 22.5 Å². The zero-order chi connectivity index (χ0) is 10.4. The molecule has 74 valence electrons. The third-order valence-corrected chi connectivity index (χ3v) is 2.07. The second-order valence-electron chi connectivity index (χ2n) is 2.19. The third-order valence-electron chi connectivity index (χ3n) is 1.24. The molecule has 0 aliphatic carbocycles. The van der Waals surface area contributed by atoms with Crippen molar-refractivity contribution in [2.45, 2.75) is 0 Å². The molecule has 1 aromatic rings. The van der Waals surface area contributed by atoms with Gasteiger partial charge in [0.15, 0.2) is 5.13 Å². The summed E-state index contributed by atoms with van der Waals surface area (Å²) in [5.74, 6) is 5.18. The Hall–Kier alpha value is -1.58. The van der Waals surface area contributed by atoms with Gasteiger partial charge in [-0.25, -0.2) is 9.78 Å². The lowest BCUT2D eigenvalue weighted by Crippen LogP contribution is -2.24. The Morgan fingerprint density at radius 2 is 2.57 bits per heavy atom. The molecule has 0 saturated carbocycles. The van der Waals surface area contributed by atoms with Gasteiger partial charge in [0.25, 0.3) is 0 Å². The molecule has 0 aliphatic heterocycles. The van der Waals surface area contributed by atoms with Crippen LogP contribution in [-0.4, -0.2) is 29.8 Å². The number of nitrogens with one attached hydrogen (secondary N) is 2. The molecular formula is C8H9N3O2S. The van der Waals surface area contributed by atoms with Crippen LogP contribution < -0.4 is 10.6 Å². The van der Waals surface area contributed by atoms with Gasteiger partial charge in [-0.05, 0) is 0 Å². The van der Waals surface area contributed by atoms with Gasteiger partial charge in [-0.2, -0.15) is 0 Å². The number of carbonyl (C=O) groups excluding carboxylic acids is 1. The smallest absolute Gasteiger partial charge is 0.320 e. The number of aliphatic hydroxyl groups excluding tert-OH is 1. The second kappa shape index (κ2) is 5.21. The summed E-state index contributed by atoms with van der Waals surface area (Å²) in [6, 6.07) is -0.319. The van der Waals surface area contributed by atoms with Crippen LogP contribution in [0.25, 0.3) is 0 Å². The van der Waals surface area contributed by atoms with Crippen molar-refractivity contribution in [3.05, 3.63) is 11.1 Å². The van der Waals surface area contributed by atoms with Crippen molar-refractivity contribution in [3.63, 3.8) is 0 Å². The standard InChI is InChI=1S/C8H9N3O2S/c1-9-7(13)11-8-10-5-6(14-8)3-2-4-12/h5,12H,4H2,1H3,(H2,9,10,11,13). The maximum Gasteiger partial charge on any atom is 0.320 e. The van der Waals surface area contributed by atoms with Crippen LogP contribution in [0.15, 0.2) is 6.20 Å². The number of aromatic nitrogens is 1. The van der Waals surface area contributed by atoms with Crippen molar-refractivity contribution in [1.82, 2.24) is 10.3 Å². The first-order valence-corrected chi connectivity index (χ1v) is 4.62. The maximum atomic E-state index is 10.9. The van der Waals surface area contributed by atoms with E-state index >= 15 is 0 Å². The number of urea groups is 1. The predicted molar refractivity (Wildman–Crippen MR) is 54.2 cm³/mol. The molecule has 3 N–H and O–H groups in total. The summed E-state index contributed by atoms with van der Waals surface area (Å²) in [5, 5.41) is 13.8. The minimum absolute atomic E-state index is 0.184. The van der Waals surface area contributed by atoms with Gasteiger partial charge in [-0.15, -0.1) is 0 Å². The second-order valence-corrected chi connectivity index (χ2v) is 3.22. The summed E-state index contributed by atoms with van der Waals surface area (Å²) < 4.78 is 0. The summed E-state index contributed by atoms with van der Waals surface area (Å²) >= 11 is 1.25. The van der Waals surface area contributed by atoms with Gasteiger partial charge in [0, 0.05) is 7.05 Å². The first-order valence-electron chi connectivity index (χ1n) is 3.80. The SMILES string of the molecule is CNC(=O)Nc1ncc(C#CCO)s1. The summed E-state index contributed by atoms with van der Waals surface area (Å²) in [6.45, 7) is -0.184. The topological polar surface area (TPSA) is 74.2 Å². The number of thiazole rings is 1. The van der Waals surface area contributed by atoms with Crippen LogP contribution >= 0.6 is 11.3 Å². The Bertz CT molecular complexity index is 377. The van der Waals surface area contributed by atoms with Crippen molar-refractivity contribution in [3.8, 4) is 11.8 Å². The van der Waals surface area contributed by atoms with Crippen molar-refractivity contribution in [2.24, 2.45) is 0 Å². The van der Waals surface area contributed by atoms with Gasteiger partial charge >= 0.3 is 6.03 Å². The first kappa shape index (κ1) is 10.5. The molecule has 0 unspecified atom stereocenters. The number of carbonyl (C=O) groups is 1. The molecule has 2 amide bonds. The monoisotopic (exact) mass is 211 g/mol. The van der Waals surface area contributed by atoms with Gasteiger partial charge in [0.1, 0.15) is 6.61 Å². The highest BCUT2D eigenvalue weighted by atomic mass is 32.1. The molecule has 0 aromatic carbocycles. The average Bonchev–Trinajstić information content (AvgIpc) is 2.62. The van der Waals surface area contributed by atoms with Crippen LogP contribution in [0.3, 0.4) is 0 Å². The highest BCUT2D eigenvalue weighted by molar-refractivity contribution is 7.16. The van der Waals surface area contributed by atoms with Crippen LogP contribution in [0.1, 0.15) is 4.88 Å². The minimum atomic E-state index is -0.319. The maximum absolute atomic E-state index is 10.9. The lowest BCUT2D eigenvalue weighted by atomic mass is 10.5. The van der Waals surface area contributed by atoms with Crippen LogP contribution in [0.2, 0.25) is 0 Å². The Kier molecular flexibility index (Phi) is 3.91. The van der Waals surface area contributed by atoms with E-state index in [0.717, 1.165) is 0 Å². The number of amides is 2. The quantitative estimate of drug-likeness (QED) is 0.582. The molecule has 14 heavy (non-hydrogen) atoms. The molecule has 0 spiro atoms. The van der Waals surface area contributed by atoms with E-state index in [4.69, 9.17) is 5.11 Å². The van der Waals surface area contributed by atoms with E-state index in [2.05, 4.69) is 27.5 Å². The van der Waals surface area contributed by atoms with E-state index in [1.165, 1.54) is 18.4 Å². The van der Waals surface area contributed by atoms with E-state index in [1.54, 1.807) is 6.20 Å². The van der Waals surface area contributed by atoms with E-state index in [9.17, 15) is 4.79 Å². The zero-order valence-corrected chi connectivity index (χ0v) is 8.31. The molecule has 0 aliphatic rings. The Morgan fingerprint density at radius 1 is 1.79 bits per heavy atom. The van der Waals surface area contributed by atoms with Gasteiger partial charge < -0.3 is 10.4 Å². The van der Waals surface area contributed by atoms with Crippen LogP contribution in [0.4, 0.5) is 9.93 Å². The molecule has 1 heterocycles. The van der Waals surface area contributed by atoms with E-state index < -0.39 is 0 Å². The molecule has 0 fully saturated rings. The van der Waals surface area contributed by atoms with Crippen molar-refractivity contribution in [2.75, 3.05) is 19.0 Å². The molecule has 1 aromatic heterocycles. The molecule has 5 nitrogen and oxygen atoms in total. The normalized spacial score (nSPS) is 8.71. The molecule has 0 saturated heterocycles. The molecular weight excluding hydrogens is 202 g/mol. The highest BCUT2D eigenvalue weighted by Gasteiger charge is 2.02. The summed E-state index contributed by atoms with van der Waals surface area (Å²) in [7, 11) is 1.52. The van der Waals surface area contributed by atoms with Gasteiger partial charge in [-0.3, -0.25) is 5.32 Å². The predicted octanol–water partition coefficient (Wildman–Crippen LogP) is 0.238. The summed E-state index contributed by atoms with van der Waals surface area (Å²) in [4.78, 5) is 15.5. The zero-order valence-electron chi connectivity index (χ0n) is 7.50. The Labute approximate surface area is 85.2 Å². The number of rotatable bonds is 1. The molecule has 1 rings (SSSR count). The van der Waals surface area contributed by atoms with Crippen molar-refractivity contribution < 1.29 is 9.90 Å². The lowest BCUT2D eigenvalue weighted by molar-refractivity contribution is 0.254. The summed E-state index contributed by atoms with van der Waals surface area (Å²) in [5.41, 5.74) is 0. The largest absolute Gasteiger partial charge is 0.384 e. The first-order chi connectivity index (χ1) is 6.76. The van der Waals surface area contributed by atoms with Crippen LogP contribution in [0.5, 0.6) is 0 Å². The molecule has 0 bridgehead atoms. The fourth-order valence-corrected chi connectivity index (χ4v) is 1.36. The molecule has 0 radical (unpaired) electrons. The highest BCUT2D eigenvalue weighted by Crippen LogP contribution is 2.16. The number of anilines is 1. The van der Waals surface area contributed by atoms with E-state index in [1.807, 2.05) is 0 Å². The minimum Gasteiger partial charge on any atom is -0.384 e. The van der Waals surface area contributed by atoms with Gasteiger partial charge in [0.05, 0.1) is 11.1 Å². The number of nitrogens with zero attached hydrogens (tertiary/aromatic N) is 1. The Morgan fingerprint density at radius 3 is 3.21 bits per heavy atom. The Balaban J connectivity index is 2.64. The number of hydrogen-bond donors (Lipinski definition) is 3. The third kappa shape index (κ3) is 3.05. The molecule has 0 atom stereocenters. The van der Waals surface area contributed by atoms with Crippen LogP contribution in [0, 0.1) is 11.8 Å². The fourth-order valence-electron chi connectivity index (χ4n) is 0.676. The number of hydrogen-bond acceptors (Lipinski definition) is 4. The van der Waals surface area contributed by atoms with Crippen molar-refractivity contribution in [1.29, 1.82) is 0 Å². The van der Waals surface area contributed by atoms with E-state index in [0.29, 0.717) is 10.0 Å². The molecule has 6 heteroatoms. The van der Waals surface area contributed by atoms with Crippen LogP contribution in [-0.2, 0) is 0 Å². The fraction of sp³-hybridized carbons (Fsp3) is 0.250. The van der Waals surface area contributed by atoms with Gasteiger partial charge in [-0.1, -0.05) is 23.2 Å².